The highest BCUT2D eigenvalue weighted by atomic mass is 19.1. The van der Waals surface area contributed by atoms with Crippen LogP contribution in [0.5, 0.6) is 0 Å². The second-order valence-corrected chi connectivity index (χ2v) is 10.9. The Bertz CT molecular complexity index is 1310. The third-order valence-corrected chi connectivity index (χ3v) is 6.40. The van der Waals surface area contributed by atoms with Crippen molar-refractivity contribution < 1.29 is 18.7 Å². The molecule has 1 aliphatic heterocycles. The highest BCUT2D eigenvalue weighted by molar-refractivity contribution is 6.04. The van der Waals surface area contributed by atoms with E-state index in [-0.39, 0.29) is 23.3 Å². The highest BCUT2D eigenvalue weighted by Gasteiger charge is 2.31. The lowest BCUT2D eigenvalue weighted by Crippen LogP contribution is -2.40. The van der Waals surface area contributed by atoms with Gasteiger partial charge in [-0.2, -0.15) is 0 Å². The number of carbonyl (C=O) groups is 2. The van der Waals surface area contributed by atoms with Crippen LogP contribution in [0, 0.1) is 18.7 Å². The van der Waals surface area contributed by atoms with Gasteiger partial charge in [-0.25, -0.2) is 24.1 Å². The lowest BCUT2D eigenvalue weighted by atomic mass is 10.2. The van der Waals surface area contributed by atoms with Crippen molar-refractivity contribution in [1.29, 1.82) is 0 Å². The van der Waals surface area contributed by atoms with Gasteiger partial charge in [-0.05, 0) is 52.9 Å². The monoisotopic (exact) mass is 509 g/mol. The van der Waals surface area contributed by atoms with E-state index in [1.54, 1.807) is 34.8 Å². The Hall–Kier alpha value is -3.76. The first kappa shape index (κ1) is 24.9. The Kier molecular flexibility index (Phi) is 6.47. The standard InChI is InChI=1S/C26H32FN7O3/c1-16-12-33-15-19(9-20(27)23(33)30-16)34(13-17-5-6-17)24(35)21-10-29-22(11-28-21)32-8-7-18(14-32)31-25(36)37-26(2,3)4/h9-12,15,17-18H,5-8,13-14H2,1-4H3,(H,31,36)/t18-/m1/s1. The normalized spacial score (nSPS) is 17.8. The van der Waals surface area contributed by atoms with Gasteiger partial charge < -0.3 is 24.3 Å². The second kappa shape index (κ2) is 9.60. The van der Waals surface area contributed by atoms with Crippen LogP contribution in [-0.2, 0) is 4.74 Å². The quantitative estimate of drug-likeness (QED) is 0.540. The SMILES string of the molecule is Cc1cn2cc(N(CC3CC3)C(=O)c3cnc(N4CC[C@@H](NC(=O)OC(C)(C)C)C4)cn3)cc(F)c2n1. The number of aryl methyl sites for hydroxylation is 1. The van der Waals surface area contributed by atoms with E-state index in [4.69, 9.17) is 4.74 Å². The van der Waals surface area contributed by atoms with Gasteiger partial charge in [0.2, 0.25) is 0 Å². The largest absolute Gasteiger partial charge is 0.444 e. The third kappa shape index (κ3) is 5.81. The molecule has 1 saturated heterocycles. The Morgan fingerprint density at radius 2 is 1.97 bits per heavy atom. The van der Waals surface area contributed by atoms with E-state index < -0.39 is 17.5 Å². The predicted molar refractivity (Wildman–Crippen MR) is 136 cm³/mol. The van der Waals surface area contributed by atoms with Gasteiger partial charge in [-0.15, -0.1) is 0 Å². The number of nitrogens with one attached hydrogen (secondary N) is 1. The van der Waals surface area contributed by atoms with Gasteiger partial charge in [0, 0.05) is 38.1 Å². The summed E-state index contributed by atoms with van der Waals surface area (Å²) in [5.74, 6) is 0.204. The number of anilines is 2. The Morgan fingerprint density at radius 3 is 2.65 bits per heavy atom. The van der Waals surface area contributed by atoms with Crippen molar-refractivity contribution in [3.63, 3.8) is 0 Å². The first-order valence-corrected chi connectivity index (χ1v) is 12.6. The van der Waals surface area contributed by atoms with E-state index in [9.17, 15) is 14.0 Å². The van der Waals surface area contributed by atoms with Gasteiger partial charge in [0.05, 0.1) is 29.8 Å². The van der Waals surface area contributed by atoms with Crippen molar-refractivity contribution >= 4 is 29.2 Å². The number of hydrogen-bond donors (Lipinski definition) is 1. The molecule has 0 aromatic carbocycles. The summed E-state index contributed by atoms with van der Waals surface area (Å²) in [6.45, 7) is 9.03. The smallest absolute Gasteiger partial charge is 0.407 e. The fourth-order valence-corrected chi connectivity index (χ4v) is 4.47. The fraction of sp³-hybridized carbons (Fsp3) is 0.500. The summed E-state index contributed by atoms with van der Waals surface area (Å²) in [6.07, 6.45) is 8.87. The molecular weight excluding hydrogens is 477 g/mol. The molecule has 196 valence electrons. The molecule has 5 rings (SSSR count). The molecule has 2 fully saturated rings. The zero-order valence-corrected chi connectivity index (χ0v) is 21.6. The fourth-order valence-electron chi connectivity index (χ4n) is 4.47. The number of halogens is 1. The van der Waals surface area contributed by atoms with Gasteiger partial charge in [0.15, 0.2) is 11.5 Å². The molecule has 1 N–H and O–H groups in total. The molecule has 10 nitrogen and oxygen atoms in total. The number of aromatic nitrogens is 4. The van der Waals surface area contributed by atoms with Gasteiger partial charge in [-0.1, -0.05) is 0 Å². The Labute approximate surface area is 214 Å². The summed E-state index contributed by atoms with van der Waals surface area (Å²) < 4.78 is 21.7. The van der Waals surface area contributed by atoms with E-state index in [0.717, 1.165) is 19.3 Å². The number of hydrogen-bond acceptors (Lipinski definition) is 7. The van der Waals surface area contributed by atoms with Crippen LogP contribution in [0.1, 0.15) is 56.2 Å². The third-order valence-electron chi connectivity index (χ3n) is 6.40. The number of nitrogens with zero attached hydrogens (tertiary/aromatic N) is 6. The molecule has 0 unspecified atom stereocenters. The predicted octanol–water partition coefficient (Wildman–Crippen LogP) is 3.73. The van der Waals surface area contributed by atoms with Crippen molar-refractivity contribution in [3.8, 4) is 0 Å². The summed E-state index contributed by atoms with van der Waals surface area (Å²) in [7, 11) is 0. The molecule has 0 radical (unpaired) electrons. The van der Waals surface area contributed by atoms with E-state index in [1.807, 2.05) is 25.7 Å². The summed E-state index contributed by atoms with van der Waals surface area (Å²) in [6, 6.07) is 1.29. The molecule has 3 aromatic rings. The second-order valence-electron chi connectivity index (χ2n) is 10.9. The highest BCUT2D eigenvalue weighted by Crippen LogP contribution is 2.32. The first-order chi connectivity index (χ1) is 17.6. The minimum Gasteiger partial charge on any atom is -0.444 e. The molecule has 1 aliphatic carbocycles. The van der Waals surface area contributed by atoms with Gasteiger partial charge in [0.25, 0.3) is 5.91 Å². The van der Waals surface area contributed by atoms with Crippen LogP contribution in [0.25, 0.3) is 5.65 Å². The van der Waals surface area contributed by atoms with Crippen LogP contribution in [0.4, 0.5) is 20.7 Å². The zero-order valence-electron chi connectivity index (χ0n) is 21.6. The molecule has 1 atom stereocenters. The minimum absolute atomic E-state index is 0.0661. The first-order valence-electron chi connectivity index (χ1n) is 12.6. The van der Waals surface area contributed by atoms with Crippen LogP contribution < -0.4 is 15.1 Å². The molecular formula is C26H32FN7O3. The van der Waals surface area contributed by atoms with Crippen molar-refractivity contribution in [2.45, 2.75) is 58.6 Å². The summed E-state index contributed by atoms with van der Waals surface area (Å²) in [4.78, 5) is 42.2. The summed E-state index contributed by atoms with van der Waals surface area (Å²) >= 11 is 0. The van der Waals surface area contributed by atoms with Crippen molar-refractivity contribution in [3.05, 3.63) is 48.1 Å². The number of alkyl carbamates (subject to hydrolysis) is 1. The topological polar surface area (TPSA) is 105 Å². The van der Waals surface area contributed by atoms with Gasteiger partial charge in [-0.3, -0.25) is 4.79 Å². The van der Waals surface area contributed by atoms with Gasteiger partial charge in [0.1, 0.15) is 17.1 Å². The van der Waals surface area contributed by atoms with Crippen LogP contribution in [0.3, 0.4) is 0 Å². The van der Waals surface area contributed by atoms with Crippen molar-refractivity contribution in [2.24, 2.45) is 5.92 Å². The molecule has 3 aromatic heterocycles. The van der Waals surface area contributed by atoms with Crippen LogP contribution in [0.15, 0.2) is 30.9 Å². The lowest BCUT2D eigenvalue weighted by molar-refractivity contribution is 0.0508. The number of fused-ring (bicyclic) bond motifs is 1. The summed E-state index contributed by atoms with van der Waals surface area (Å²) in [5.41, 5.74) is 1.02. The number of ether oxygens (including phenoxy) is 1. The van der Waals surface area contributed by atoms with E-state index >= 15 is 0 Å². The number of amides is 2. The van der Waals surface area contributed by atoms with Gasteiger partial charge >= 0.3 is 6.09 Å². The molecule has 37 heavy (non-hydrogen) atoms. The number of imidazole rings is 1. The van der Waals surface area contributed by atoms with Crippen molar-refractivity contribution in [1.82, 2.24) is 24.7 Å². The average Bonchev–Trinajstić information content (AvgIpc) is 3.39. The Balaban J connectivity index is 1.29. The minimum atomic E-state index is -0.557. The molecule has 1 saturated carbocycles. The maximum Gasteiger partial charge on any atom is 0.407 e. The number of pyridine rings is 1. The molecule has 11 heteroatoms. The maximum absolute atomic E-state index is 14.8. The molecule has 0 bridgehead atoms. The number of rotatable bonds is 6. The molecule has 2 aliphatic rings. The van der Waals surface area contributed by atoms with E-state index in [0.29, 0.717) is 42.8 Å². The molecule has 4 heterocycles. The zero-order chi connectivity index (χ0) is 26.3. The van der Waals surface area contributed by atoms with Crippen LogP contribution >= 0.6 is 0 Å². The van der Waals surface area contributed by atoms with E-state index in [1.165, 1.54) is 12.3 Å². The average molecular weight is 510 g/mol. The maximum atomic E-state index is 14.8. The summed E-state index contributed by atoms with van der Waals surface area (Å²) in [5, 5.41) is 2.89. The van der Waals surface area contributed by atoms with Crippen LogP contribution in [-0.4, -0.2) is 62.6 Å². The van der Waals surface area contributed by atoms with Crippen molar-refractivity contribution in [2.75, 3.05) is 29.4 Å². The molecule has 0 spiro atoms. The molecule has 2 amide bonds. The van der Waals surface area contributed by atoms with E-state index in [2.05, 4.69) is 20.3 Å². The lowest BCUT2D eigenvalue weighted by Gasteiger charge is -2.23. The number of carbonyl (C=O) groups excluding carboxylic acids is 2. The van der Waals surface area contributed by atoms with Crippen LogP contribution in [0.2, 0.25) is 0 Å². The Morgan fingerprint density at radius 1 is 1.19 bits per heavy atom.